The third kappa shape index (κ3) is 2.48. The van der Waals surface area contributed by atoms with E-state index in [0.29, 0.717) is 0 Å². The van der Waals surface area contributed by atoms with Gasteiger partial charge >= 0.3 is 11.9 Å². The lowest BCUT2D eigenvalue weighted by Gasteiger charge is -2.00. The Morgan fingerprint density at radius 2 is 1.69 bits per heavy atom. The van der Waals surface area contributed by atoms with Crippen molar-refractivity contribution in [3.63, 3.8) is 0 Å². The van der Waals surface area contributed by atoms with E-state index in [-0.39, 0.29) is 0 Å². The van der Waals surface area contributed by atoms with Crippen molar-refractivity contribution in [1.82, 2.24) is 0 Å². The summed E-state index contributed by atoms with van der Waals surface area (Å²) in [7, 11) is 2.16. The minimum Gasteiger partial charge on any atom is -0.465 e. The van der Waals surface area contributed by atoms with Crippen molar-refractivity contribution < 1.29 is 19.1 Å². The highest BCUT2D eigenvalue weighted by molar-refractivity contribution is 6.02. The van der Waals surface area contributed by atoms with Crippen LogP contribution in [-0.4, -0.2) is 26.2 Å². The number of nitrogens with two attached hydrogens (primary N) is 1. The van der Waals surface area contributed by atoms with Crippen LogP contribution in [0.25, 0.3) is 0 Å². The highest BCUT2D eigenvalue weighted by Gasteiger charge is 2.19. The molecule has 0 aliphatic rings. The first-order chi connectivity index (χ1) is 6.08. The Kier molecular flexibility index (Phi) is 4.02. The SMILES string of the molecule is COC(=O)/C(N)=C(\C#N)C(=O)OC. The Balaban J connectivity index is 5.04. The fraction of sp³-hybridized carbons (Fsp3) is 0.286. The van der Waals surface area contributed by atoms with E-state index >= 15 is 0 Å². The number of hydrogen-bond donors (Lipinski definition) is 1. The number of hydrogen-bond acceptors (Lipinski definition) is 6. The first-order valence-electron chi connectivity index (χ1n) is 3.15. The Morgan fingerprint density at radius 1 is 1.23 bits per heavy atom. The average Bonchev–Trinajstić information content (AvgIpc) is 2.17. The topological polar surface area (TPSA) is 102 Å². The molecule has 0 atom stereocenters. The molecular formula is C7H8N2O4. The molecule has 0 aliphatic carbocycles. The van der Waals surface area contributed by atoms with Crippen molar-refractivity contribution in [2.24, 2.45) is 5.73 Å². The third-order valence-corrected chi connectivity index (χ3v) is 1.18. The van der Waals surface area contributed by atoms with E-state index in [9.17, 15) is 9.59 Å². The maximum atomic E-state index is 10.8. The highest BCUT2D eigenvalue weighted by atomic mass is 16.5. The van der Waals surface area contributed by atoms with Gasteiger partial charge in [0.15, 0.2) is 5.57 Å². The fourth-order valence-corrected chi connectivity index (χ4v) is 0.530. The standard InChI is InChI=1S/C7H8N2O4/c1-12-6(10)4(3-8)5(9)7(11)13-2/h9H2,1-2H3/b5-4-. The molecule has 0 aromatic carbocycles. The van der Waals surface area contributed by atoms with E-state index in [0.717, 1.165) is 14.2 Å². The van der Waals surface area contributed by atoms with Crippen molar-refractivity contribution in [2.45, 2.75) is 0 Å². The molecule has 0 aromatic rings. The molecule has 13 heavy (non-hydrogen) atoms. The minimum absolute atomic E-state index is 0.558. The van der Waals surface area contributed by atoms with Gasteiger partial charge in [-0.3, -0.25) is 0 Å². The molecule has 70 valence electrons. The molecule has 0 saturated heterocycles. The zero-order valence-corrected chi connectivity index (χ0v) is 7.16. The third-order valence-electron chi connectivity index (χ3n) is 1.18. The van der Waals surface area contributed by atoms with Crippen molar-refractivity contribution >= 4 is 11.9 Å². The summed E-state index contributed by atoms with van der Waals surface area (Å²) in [5.41, 5.74) is 4.02. The molecule has 6 nitrogen and oxygen atoms in total. The van der Waals surface area contributed by atoms with E-state index in [4.69, 9.17) is 11.0 Å². The van der Waals surface area contributed by atoms with Crippen LogP contribution in [0.4, 0.5) is 0 Å². The maximum absolute atomic E-state index is 10.8. The lowest BCUT2D eigenvalue weighted by Crippen LogP contribution is -2.19. The van der Waals surface area contributed by atoms with Gasteiger partial charge in [-0.25, -0.2) is 9.59 Å². The molecule has 0 fully saturated rings. The van der Waals surface area contributed by atoms with Gasteiger partial charge in [0.25, 0.3) is 0 Å². The smallest absolute Gasteiger partial charge is 0.355 e. The number of nitrogens with zero attached hydrogens (tertiary/aromatic N) is 1. The van der Waals surface area contributed by atoms with Crippen LogP contribution in [0.15, 0.2) is 11.3 Å². The predicted molar refractivity (Wildman–Crippen MR) is 40.9 cm³/mol. The van der Waals surface area contributed by atoms with Crippen LogP contribution in [0.2, 0.25) is 0 Å². The van der Waals surface area contributed by atoms with E-state index in [1.165, 1.54) is 6.07 Å². The molecule has 0 saturated carbocycles. The molecule has 6 heteroatoms. The zero-order valence-electron chi connectivity index (χ0n) is 7.16. The highest BCUT2D eigenvalue weighted by Crippen LogP contribution is 2.01. The van der Waals surface area contributed by atoms with Crippen LogP contribution in [0.5, 0.6) is 0 Å². The second kappa shape index (κ2) is 4.77. The lowest BCUT2D eigenvalue weighted by molar-refractivity contribution is -0.139. The van der Waals surface area contributed by atoms with E-state index in [2.05, 4.69) is 9.47 Å². The molecule has 0 bridgehead atoms. The molecule has 0 radical (unpaired) electrons. The summed E-state index contributed by atoms with van der Waals surface area (Å²) >= 11 is 0. The first-order valence-corrected chi connectivity index (χ1v) is 3.15. The monoisotopic (exact) mass is 184 g/mol. The fourth-order valence-electron chi connectivity index (χ4n) is 0.530. The summed E-state index contributed by atoms with van der Waals surface area (Å²) in [6, 6.07) is 1.45. The van der Waals surface area contributed by atoms with Crippen LogP contribution in [0, 0.1) is 11.3 Å². The lowest BCUT2D eigenvalue weighted by atomic mass is 10.2. The van der Waals surface area contributed by atoms with Crippen LogP contribution in [0.1, 0.15) is 0 Å². The summed E-state index contributed by atoms with van der Waals surface area (Å²) in [6.45, 7) is 0. The number of carbonyl (C=O) groups excluding carboxylic acids is 2. The van der Waals surface area contributed by atoms with Gasteiger partial charge in [0.2, 0.25) is 0 Å². The number of methoxy groups -OCH3 is 2. The number of carbonyl (C=O) groups is 2. The zero-order chi connectivity index (χ0) is 10.4. The summed E-state index contributed by atoms with van der Waals surface area (Å²) in [5.74, 6) is -1.91. The average molecular weight is 184 g/mol. The number of rotatable bonds is 2. The largest absolute Gasteiger partial charge is 0.465 e. The van der Waals surface area contributed by atoms with Gasteiger partial charge in [-0.1, -0.05) is 0 Å². The number of esters is 2. The van der Waals surface area contributed by atoms with Crippen molar-refractivity contribution in [3.8, 4) is 6.07 Å². The van der Waals surface area contributed by atoms with Gasteiger partial charge < -0.3 is 15.2 Å². The van der Waals surface area contributed by atoms with Gasteiger partial charge in [0, 0.05) is 0 Å². The molecule has 0 heterocycles. The molecule has 0 aromatic heterocycles. The molecule has 0 amide bonds. The van der Waals surface area contributed by atoms with Gasteiger partial charge in [-0.2, -0.15) is 5.26 Å². The number of ether oxygens (including phenoxy) is 2. The van der Waals surface area contributed by atoms with Crippen LogP contribution in [-0.2, 0) is 19.1 Å². The Bertz CT molecular complexity index is 300. The van der Waals surface area contributed by atoms with Crippen molar-refractivity contribution in [1.29, 1.82) is 5.26 Å². The molecule has 0 aliphatic heterocycles. The van der Waals surface area contributed by atoms with Crippen LogP contribution >= 0.6 is 0 Å². The van der Waals surface area contributed by atoms with E-state index < -0.39 is 23.2 Å². The second-order valence-electron chi connectivity index (χ2n) is 1.88. The van der Waals surface area contributed by atoms with Crippen LogP contribution < -0.4 is 5.73 Å². The summed E-state index contributed by atoms with van der Waals surface area (Å²) in [4.78, 5) is 21.6. The Labute approximate surface area is 74.5 Å². The van der Waals surface area contributed by atoms with Crippen molar-refractivity contribution in [3.05, 3.63) is 11.3 Å². The number of nitriles is 1. The Hall–Kier alpha value is -2.03. The quantitative estimate of drug-likeness (QED) is 0.338. The molecular weight excluding hydrogens is 176 g/mol. The second-order valence-corrected chi connectivity index (χ2v) is 1.88. The normalized spacial score (nSPS) is 10.8. The summed E-state index contributed by atoms with van der Waals surface area (Å²) in [5, 5.41) is 8.45. The van der Waals surface area contributed by atoms with Crippen molar-refractivity contribution in [2.75, 3.05) is 14.2 Å². The summed E-state index contributed by atoms with van der Waals surface area (Å²) in [6.07, 6.45) is 0. The molecule has 0 rings (SSSR count). The van der Waals surface area contributed by atoms with Gasteiger partial charge in [0.05, 0.1) is 14.2 Å². The van der Waals surface area contributed by atoms with E-state index in [1.807, 2.05) is 0 Å². The van der Waals surface area contributed by atoms with Gasteiger partial charge in [-0.05, 0) is 0 Å². The van der Waals surface area contributed by atoms with Gasteiger partial charge in [0.1, 0.15) is 11.8 Å². The van der Waals surface area contributed by atoms with Crippen LogP contribution in [0.3, 0.4) is 0 Å². The maximum Gasteiger partial charge on any atom is 0.355 e. The summed E-state index contributed by atoms with van der Waals surface area (Å²) < 4.78 is 8.42. The first kappa shape index (κ1) is 11.0. The molecule has 0 spiro atoms. The van der Waals surface area contributed by atoms with E-state index in [1.54, 1.807) is 0 Å². The minimum atomic E-state index is -0.967. The Morgan fingerprint density at radius 3 is 2.00 bits per heavy atom. The molecule has 2 N–H and O–H groups in total. The van der Waals surface area contributed by atoms with Gasteiger partial charge in [-0.15, -0.1) is 0 Å². The molecule has 0 unspecified atom stereocenters. The predicted octanol–water partition coefficient (Wildman–Crippen LogP) is -0.931.